The number of hydrogen-bond acceptors (Lipinski definition) is 5. The third kappa shape index (κ3) is 5.00. The van der Waals surface area contributed by atoms with Crippen molar-refractivity contribution in [2.75, 3.05) is 27.3 Å². The highest BCUT2D eigenvalue weighted by Gasteiger charge is 2.27. The summed E-state index contributed by atoms with van der Waals surface area (Å²) < 4.78 is 9.80. The van der Waals surface area contributed by atoms with E-state index in [2.05, 4.69) is 21.8 Å². The van der Waals surface area contributed by atoms with Gasteiger partial charge in [-0.15, -0.1) is 0 Å². The number of aliphatic hydroxyl groups is 1. The van der Waals surface area contributed by atoms with Crippen molar-refractivity contribution in [1.29, 1.82) is 0 Å². The van der Waals surface area contributed by atoms with Crippen LogP contribution in [0.1, 0.15) is 41.7 Å². The van der Waals surface area contributed by atoms with Crippen molar-refractivity contribution >= 4 is 12.0 Å². The molecular weight excluding hydrogens is 354 g/mol. The molecule has 0 aliphatic carbocycles. The molecule has 1 aliphatic heterocycles. The number of carbonyl (C=O) groups is 1. The average Bonchev–Trinajstić information content (AvgIpc) is 3.20. The molecule has 2 aromatic carbocycles. The van der Waals surface area contributed by atoms with E-state index in [1.807, 2.05) is 36.4 Å². The fraction of sp³-hybridized carbons (Fsp3) is 0.348. The molecule has 1 fully saturated rings. The van der Waals surface area contributed by atoms with Gasteiger partial charge in [0.25, 0.3) is 0 Å². The lowest BCUT2D eigenvalue weighted by Crippen LogP contribution is -2.28. The summed E-state index contributed by atoms with van der Waals surface area (Å²) in [5.74, 6) is 0.426. The molecule has 0 amide bonds. The molecule has 0 saturated carbocycles. The lowest BCUT2D eigenvalue weighted by atomic mass is 10.0. The molecule has 0 radical (unpaired) electrons. The fourth-order valence-corrected chi connectivity index (χ4v) is 3.64. The second kappa shape index (κ2) is 9.53. The van der Waals surface area contributed by atoms with Crippen molar-refractivity contribution < 1.29 is 19.4 Å². The van der Waals surface area contributed by atoms with Crippen LogP contribution in [0.5, 0.6) is 5.75 Å². The van der Waals surface area contributed by atoms with E-state index >= 15 is 0 Å². The Hall–Kier alpha value is -2.63. The zero-order chi connectivity index (χ0) is 19.9. The minimum Gasteiger partial charge on any atom is -0.497 e. The SMILES string of the molecule is COC(=O)C=Cc1ccc(C2CCCN2CC(O)c2ccc(OC)cc2)cc1. The van der Waals surface area contributed by atoms with E-state index in [-0.39, 0.29) is 5.97 Å². The molecule has 2 unspecified atom stereocenters. The topological polar surface area (TPSA) is 59.0 Å². The Labute approximate surface area is 166 Å². The highest BCUT2D eigenvalue weighted by atomic mass is 16.5. The van der Waals surface area contributed by atoms with Crippen LogP contribution in [0.15, 0.2) is 54.6 Å². The number of ether oxygens (including phenoxy) is 2. The number of nitrogens with zero attached hydrogens (tertiary/aromatic N) is 1. The quantitative estimate of drug-likeness (QED) is 0.585. The number of carbonyl (C=O) groups excluding carboxylic acids is 1. The van der Waals surface area contributed by atoms with Crippen LogP contribution in [0, 0.1) is 0 Å². The third-order valence-corrected chi connectivity index (χ3v) is 5.21. The first-order valence-corrected chi connectivity index (χ1v) is 9.52. The first-order valence-electron chi connectivity index (χ1n) is 9.52. The number of benzene rings is 2. The fourth-order valence-electron chi connectivity index (χ4n) is 3.64. The monoisotopic (exact) mass is 381 g/mol. The second-order valence-corrected chi connectivity index (χ2v) is 6.97. The number of β-amino-alcohol motifs (C(OH)–C–C–N with tert-alkyl or cyclic N) is 1. The van der Waals surface area contributed by atoms with E-state index < -0.39 is 6.10 Å². The molecule has 28 heavy (non-hydrogen) atoms. The molecule has 0 bridgehead atoms. The molecule has 2 atom stereocenters. The molecule has 0 aromatic heterocycles. The molecule has 1 N–H and O–H groups in total. The Balaban J connectivity index is 1.65. The number of aliphatic hydroxyl groups excluding tert-OH is 1. The molecule has 5 nitrogen and oxygen atoms in total. The van der Waals surface area contributed by atoms with Crippen LogP contribution in [0.2, 0.25) is 0 Å². The highest BCUT2D eigenvalue weighted by molar-refractivity contribution is 5.86. The standard InChI is InChI=1S/C23H27NO4/c1-27-20-12-10-19(11-13-20)22(25)16-24-15-3-4-21(24)18-8-5-17(6-9-18)7-14-23(26)28-2/h5-14,21-22,25H,3-4,15-16H2,1-2H3. The van der Waals surface area contributed by atoms with E-state index in [0.717, 1.165) is 36.3 Å². The van der Waals surface area contributed by atoms with E-state index in [1.165, 1.54) is 18.7 Å². The minimum absolute atomic E-state index is 0.298. The Morgan fingerprint density at radius 2 is 1.89 bits per heavy atom. The molecule has 1 saturated heterocycles. The van der Waals surface area contributed by atoms with E-state index in [9.17, 15) is 9.90 Å². The molecule has 1 aliphatic rings. The number of hydrogen-bond donors (Lipinski definition) is 1. The highest BCUT2D eigenvalue weighted by Crippen LogP contribution is 2.33. The zero-order valence-corrected chi connectivity index (χ0v) is 16.4. The van der Waals surface area contributed by atoms with Crippen molar-refractivity contribution in [3.63, 3.8) is 0 Å². The first-order chi connectivity index (χ1) is 13.6. The van der Waals surface area contributed by atoms with Crippen LogP contribution in [-0.4, -0.2) is 43.3 Å². The predicted octanol–water partition coefficient (Wildman–Crippen LogP) is 3.75. The van der Waals surface area contributed by atoms with Gasteiger partial charge in [0.2, 0.25) is 0 Å². The summed E-state index contributed by atoms with van der Waals surface area (Å²) in [4.78, 5) is 13.6. The summed E-state index contributed by atoms with van der Waals surface area (Å²) in [5.41, 5.74) is 3.08. The van der Waals surface area contributed by atoms with Gasteiger partial charge in [-0.3, -0.25) is 4.90 Å². The summed E-state index contributed by atoms with van der Waals surface area (Å²) in [6.45, 7) is 1.57. The van der Waals surface area contributed by atoms with Crippen molar-refractivity contribution in [3.05, 3.63) is 71.3 Å². The molecule has 5 heteroatoms. The molecule has 1 heterocycles. The summed E-state index contributed by atoms with van der Waals surface area (Å²) in [7, 11) is 3.00. The summed E-state index contributed by atoms with van der Waals surface area (Å²) >= 11 is 0. The number of rotatable bonds is 7. The van der Waals surface area contributed by atoms with Crippen molar-refractivity contribution in [2.24, 2.45) is 0 Å². The zero-order valence-electron chi connectivity index (χ0n) is 16.4. The van der Waals surface area contributed by atoms with Gasteiger partial charge in [0.1, 0.15) is 5.75 Å². The Morgan fingerprint density at radius 1 is 1.18 bits per heavy atom. The maximum absolute atomic E-state index is 11.2. The van der Waals surface area contributed by atoms with Crippen molar-refractivity contribution in [2.45, 2.75) is 25.0 Å². The number of esters is 1. The van der Waals surface area contributed by atoms with Gasteiger partial charge in [-0.25, -0.2) is 4.79 Å². The van der Waals surface area contributed by atoms with E-state index in [1.54, 1.807) is 13.2 Å². The van der Waals surface area contributed by atoms with Crippen LogP contribution in [0.25, 0.3) is 6.08 Å². The third-order valence-electron chi connectivity index (χ3n) is 5.21. The lowest BCUT2D eigenvalue weighted by molar-refractivity contribution is -0.134. The van der Waals surface area contributed by atoms with Crippen LogP contribution < -0.4 is 4.74 Å². The van der Waals surface area contributed by atoms with Crippen LogP contribution in [0.4, 0.5) is 0 Å². The molecule has 148 valence electrons. The van der Waals surface area contributed by atoms with Crippen LogP contribution in [-0.2, 0) is 9.53 Å². The number of methoxy groups -OCH3 is 2. The van der Waals surface area contributed by atoms with Gasteiger partial charge < -0.3 is 14.6 Å². The maximum Gasteiger partial charge on any atom is 0.330 e. The second-order valence-electron chi connectivity index (χ2n) is 6.97. The largest absolute Gasteiger partial charge is 0.497 e. The van der Waals surface area contributed by atoms with Crippen molar-refractivity contribution in [3.8, 4) is 5.75 Å². The van der Waals surface area contributed by atoms with Gasteiger partial charge in [-0.05, 0) is 54.3 Å². The van der Waals surface area contributed by atoms with Gasteiger partial charge in [0.05, 0.1) is 20.3 Å². The van der Waals surface area contributed by atoms with Crippen LogP contribution >= 0.6 is 0 Å². The Morgan fingerprint density at radius 3 is 2.54 bits per heavy atom. The molecule has 2 aromatic rings. The number of likely N-dealkylation sites (tertiary alicyclic amines) is 1. The van der Waals surface area contributed by atoms with Crippen molar-refractivity contribution in [1.82, 2.24) is 4.90 Å². The molecule has 3 rings (SSSR count). The van der Waals surface area contributed by atoms with E-state index in [0.29, 0.717) is 12.6 Å². The Kier molecular flexibility index (Phi) is 6.85. The molecular formula is C23H27NO4. The van der Waals surface area contributed by atoms with E-state index in [4.69, 9.17) is 4.74 Å². The van der Waals surface area contributed by atoms with Gasteiger partial charge in [0.15, 0.2) is 0 Å². The maximum atomic E-state index is 11.2. The normalized spacial score (nSPS) is 18.3. The summed E-state index contributed by atoms with van der Waals surface area (Å²) in [6.07, 6.45) is 4.82. The predicted molar refractivity (Wildman–Crippen MR) is 109 cm³/mol. The smallest absolute Gasteiger partial charge is 0.330 e. The average molecular weight is 381 g/mol. The van der Waals surface area contributed by atoms with Gasteiger partial charge in [-0.2, -0.15) is 0 Å². The summed E-state index contributed by atoms with van der Waals surface area (Å²) in [6, 6.07) is 16.1. The van der Waals surface area contributed by atoms with Gasteiger partial charge in [0, 0.05) is 18.7 Å². The lowest BCUT2D eigenvalue weighted by Gasteiger charge is -2.27. The molecule has 0 spiro atoms. The van der Waals surface area contributed by atoms with Gasteiger partial charge >= 0.3 is 5.97 Å². The minimum atomic E-state index is -0.534. The van der Waals surface area contributed by atoms with Gasteiger partial charge in [-0.1, -0.05) is 36.4 Å². The summed E-state index contributed by atoms with van der Waals surface area (Å²) in [5, 5.41) is 10.7. The first kappa shape index (κ1) is 20.1. The Bertz CT molecular complexity index is 798. The van der Waals surface area contributed by atoms with Crippen LogP contribution in [0.3, 0.4) is 0 Å².